The van der Waals surface area contributed by atoms with Gasteiger partial charge in [0.05, 0.1) is 13.7 Å². The van der Waals surface area contributed by atoms with Crippen molar-refractivity contribution in [1.82, 2.24) is 5.32 Å². The minimum Gasteiger partial charge on any atom is -0.497 e. The standard InChI is InChI=1S/C12H17NO2/c1-15-10-4-2-9(3-5-10)11-6-7-13-12(11)8-14/h2-5,11-14H,6-8H2,1H3/t11-,12+/m1/s1. The molecule has 0 saturated carbocycles. The molecular formula is C12H17NO2. The summed E-state index contributed by atoms with van der Waals surface area (Å²) in [5.41, 5.74) is 1.28. The predicted octanol–water partition coefficient (Wildman–Crippen LogP) is 1.13. The summed E-state index contributed by atoms with van der Waals surface area (Å²) < 4.78 is 5.12. The van der Waals surface area contributed by atoms with Gasteiger partial charge in [-0.3, -0.25) is 0 Å². The molecule has 0 unspecified atom stereocenters. The zero-order valence-electron chi connectivity index (χ0n) is 8.94. The lowest BCUT2D eigenvalue weighted by molar-refractivity contribution is 0.245. The first kappa shape index (κ1) is 10.5. The summed E-state index contributed by atoms with van der Waals surface area (Å²) in [6.07, 6.45) is 1.09. The van der Waals surface area contributed by atoms with E-state index in [9.17, 15) is 5.11 Å². The highest BCUT2D eigenvalue weighted by Crippen LogP contribution is 2.28. The van der Waals surface area contributed by atoms with Gasteiger partial charge in [-0.2, -0.15) is 0 Å². The number of aliphatic hydroxyl groups is 1. The second kappa shape index (κ2) is 4.64. The minimum atomic E-state index is 0.205. The lowest BCUT2D eigenvalue weighted by Gasteiger charge is -2.17. The third kappa shape index (κ3) is 2.13. The summed E-state index contributed by atoms with van der Waals surface area (Å²) in [6.45, 7) is 1.19. The summed E-state index contributed by atoms with van der Waals surface area (Å²) in [5, 5.41) is 12.5. The van der Waals surface area contributed by atoms with Crippen LogP contribution in [0, 0.1) is 0 Å². The average molecular weight is 207 g/mol. The van der Waals surface area contributed by atoms with Crippen molar-refractivity contribution in [2.45, 2.75) is 18.4 Å². The summed E-state index contributed by atoms with van der Waals surface area (Å²) >= 11 is 0. The summed E-state index contributed by atoms with van der Waals surface area (Å²) in [7, 11) is 1.67. The van der Waals surface area contributed by atoms with Crippen molar-refractivity contribution in [2.24, 2.45) is 0 Å². The molecule has 0 aromatic heterocycles. The number of aliphatic hydroxyl groups excluding tert-OH is 1. The first-order chi connectivity index (χ1) is 7.35. The van der Waals surface area contributed by atoms with E-state index in [1.807, 2.05) is 12.1 Å². The minimum absolute atomic E-state index is 0.205. The Labute approximate surface area is 90.1 Å². The van der Waals surface area contributed by atoms with Gasteiger partial charge in [-0.15, -0.1) is 0 Å². The molecule has 1 aliphatic heterocycles. The van der Waals surface area contributed by atoms with Crippen LogP contribution in [0.4, 0.5) is 0 Å². The largest absolute Gasteiger partial charge is 0.497 e. The second-order valence-electron chi connectivity index (χ2n) is 3.91. The molecule has 0 aliphatic carbocycles. The van der Waals surface area contributed by atoms with E-state index in [4.69, 9.17) is 4.74 Å². The van der Waals surface area contributed by atoms with E-state index in [-0.39, 0.29) is 12.6 Å². The average Bonchev–Trinajstić information content (AvgIpc) is 2.77. The topological polar surface area (TPSA) is 41.5 Å². The Morgan fingerprint density at radius 2 is 2.13 bits per heavy atom. The van der Waals surface area contributed by atoms with Gasteiger partial charge in [0.15, 0.2) is 0 Å². The monoisotopic (exact) mass is 207 g/mol. The van der Waals surface area contributed by atoms with E-state index in [0.29, 0.717) is 5.92 Å². The van der Waals surface area contributed by atoms with E-state index in [0.717, 1.165) is 18.7 Å². The van der Waals surface area contributed by atoms with Gasteiger partial charge >= 0.3 is 0 Å². The molecule has 0 amide bonds. The maximum Gasteiger partial charge on any atom is 0.118 e. The molecule has 3 nitrogen and oxygen atoms in total. The Hall–Kier alpha value is -1.06. The van der Waals surface area contributed by atoms with Crippen LogP contribution in [0.3, 0.4) is 0 Å². The van der Waals surface area contributed by atoms with Crippen molar-refractivity contribution in [3.8, 4) is 5.75 Å². The Morgan fingerprint density at radius 3 is 2.73 bits per heavy atom. The van der Waals surface area contributed by atoms with Crippen molar-refractivity contribution >= 4 is 0 Å². The van der Waals surface area contributed by atoms with Crippen molar-refractivity contribution in [3.63, 3.8) is 0 Å². The molecule has 2 atom stereocenters. The first-order valence-electron chi connectivity index (χ1n) is 5.33. The van der Waals surface area contributed by atoms with Gasteiger partial charge in [0, 0.05) is 12.0 Å². The Kier molecular flexibility index (Phi) is 3.23. The third-order valence-corrected chi connectivity index (χ3v) is 3.09. The highest BCUT2D eigenvalue weighted by Gasteiger charge is 2.27. The fourth-order valence-corrected chi connectivity index (χ4v) is 2.21. The van der Waals surface area contributed by atoms with Crippen LogP contribution in [-0.2, 0) is 0 Å². The van der Waals surface area contributed by atoms with Crippen LogP contribution in [0.2, 0.25) is 0 Å². The smallest absolute Gasteiger partial charge is 0.118 e. The highest BCUT2D eigenvalue weighted by atomic mass is 16.5. The van der Waals surface area contributed by atoms with Crippen molar-refractivity contribution < 1.29 is 9.84 Å². The molecule has 1 saturated heterocycles. The van der Waals surface area contributed by atoms with Crippen LogP contribution in [0.1, 0.15) is 17.9 Å². The van der Waals surface area contributed by atoms with Crippen molar-refractivity contribution in [3.05, 3.63) is 29.8 Å². The van der Waals surface area contributed by atoms with E-state index in [2.05, 4.69) is 17.4 Å². The van der Waals surface area contributed by atoms with E-state index in [1.54, 1.807) is 7.11 Å². The molecule has 2 N–H and O–H groups in total. The Morgan fingerprint density at radius 1 is 1.40 bits per heavy atom. The molecule has 3 heteroatoms. The molecule has 1 aromatic carbocycles. The Balaban J connectivity index is 2.14. The number of benzene rings is 1. The molecule has 0 spiro atoms. The summed E-state index contributed by atoms with van der Waals surface area (Å²) in [6, 6.07) is 8.32. The van der Waals surface area contributed by atoms with E-state index < -0.39 is 0 Å². The van der Waals surface area contributed by atoms with Gasteiger partial charge in [0.2, 0.25) is 0 Å². The fraction of sp³-hybridized carbons (Fsp3) is 0.500. The third-order valence-electron chi connectivity index (χ3n) is 3.09. The van der Waals surface area contributed by atoms with Crippen LogP contribution in [-0.4, -0.2) is 31.4 Å². The number of ether oxygens (including phenoxy) is 1. The molecule has 82 valence electrons. The van der Waals surface area contributed by atoms with Crippen molar-refractivity contribution in [2.75, 3.05) is 20.3 Å². The van der Waals surface area contributed by atoms with Crippen LogP contribution in [0.5, 0.6) is 5.75 Å². The maximum absolute atomic E-state index is 9.21. The summed E-state index contributed by atoms with van der Waals surface area (Å²) in [4.78, 5) is 0. The van der Waals surface area contributed by atoms with Gasteiger partial charge in [-0.25, -0.2) is 0 Å². The predicted molar refractivity (Wildman–Crippen MR) is 59.2 cm³/mol. The lowest BCUT2D eigenvalue weighted by Crippen LogP contribution is -2.29. The molecule has 1 aromatic rings. The number of rotatable bonds is 3. The number of methoxy groups -OCH3 is 1. The van der Waals surface area contributed by atoms with Crippen LogP contribution in [0.25, 0.3) is 0 Å². The van der Waals surface area contributed by atoms with Gasteiger partial charge in [-0.05, 0) is 30.7 Å². The molecule has 0 radical (unpaired) electrons. The van der Waals surface area contributed by atoms with Crippen LogP contribution < -0.4 is 10.1 Å². The highest BCUT2D eigenvalue weighted by molar-refractivity contribution is 5.30. The van der Waals surface area contributed by atoms with Gasteiger partial charge < -0.3 is 15.2 Å². The molecular weight excluding hydrogens is 190 g/mol. The zero-order valence-corrected chi connectivity index (χ0v) is 8.94. The lowest BCUT2D eigenvalue weighted by atomic mass is 9.92. The second-order valence-corrected chi connectivity index (χ2v) is 3.91. The van der Waals surface area contributed by atoms with Gasteiger partial charge in [-0.1, -0.05) is 12.1 Å². The number of hydrogen-bond acceptors (Lipinski definition) is 3. The first-order valence-corrected chi connectivity index (χ1v) is 5.33. The van der Waals surface area contributed by atoms with Gasteiger partial charge in [0.25, 0.3) is 0 Å². The fourth-order valence-electron chi connectivity index (χ4n) is 2.21. The van der Waals surface area contributed by atoms with Crippen LogP contribution in [0.15, 0.2) is 24.3 Å². The zero-order chi connectivity index (χ0) is 10.7. The molecule has 1 aliphatic rings. The number of nitrogens with one attached hydrogen (secondary N) is 1. The Bertz CT molecular complexity index is 310. The maximum atomic E-state index is 9.21. The van der Waals surface area contributed by atoms with Crippen LogP contribution >= 0.6 is 0 Å². The molecule has 1 fully saturated rings. The molecule has 0 bridgehead atoms. The van der Waals surface area contributed by atoms with E-state index in [1.165, 1.54) is 5.56 Å². The number of hydrogen-bond donors (Lipinski definition) is 2. The van der Waals surface area contributed by atoms with E-state index >= 15 is 0 Å². The van der Waals surface area contributed by atoms with Gasteiger partial charge in [0.1, 0.15) is 5.75 Å². The molecule has 2 rings (SSSR count). The summed E-state index contributed by atoms with van der Waals surface area (Å²) in [5.74, 6) is 1.31. The molecule has 1 heterocycles. The molecule has 15 heavy (non-hydrogen) atoms. The quantitative estimate of drug-likeness (QED) is 0.780. The normalized spacial score (nSPS) is 25.5. The van der Waals surface area contributed by atoms with Crippen molar-refractivity contribution in [1.29, 1.82) is 0 Å². The SMILES string of the molecule is COc1ccc([C@H]2CCN[C@H]2CO)cc1.